The van der Waals surface area contributed by atoms with Crippen molar-refractivity contribution < 1.29 is 4.79 Å². The topological polar surface area (TPSA) is 64.9 Å². The third-order valence-corrected chi connectivity index (χ3v) is 2.37. The summed E-state index contributed by atoms with van der Waals surface area (Å²) in [6.07, 6.45) is 0.561. The Morgan fingerprint density at radius 3 is 2.56 bits per heavy atom. The van der Waals surface area contributed by atoms with E-state index in [1.165, 1.54) is 0 Å². The molecule has 0 fully saturated rings. The Morgan fingerprint density at radius 2 is 2.06 bits per heavy atom. The minimum absolute atomic E-state index is 0.364. The van der Waals surface area contributed by atoms with Crippen LogP contribution in [0.1, 0.15) is 20.3 Å². The van der Waals surface area contributed by atoms with E-state index in [9.17, 15) is 4.79 Å². The third kappa shape index (κ3) is 3.28. The van der Waals surface area contributed by atoms with E-state index in [1.54, 1.807) is 19.1 Å². The largest absolute Gasteiger partial charge is 0.320 e. The maximum Gasteiger partial charge on any atom is 0.320 e. The first-order valence-electron chi connectivity index (χ1n) is 5.15. The summed E-state index contributed by atoms with van der Waals surface area (Å²) in [4.78, 5) is 11.6. The van der Waals surface area contributed by atoms with E-state index >= 15 is 0 Å². The Hall–Kier alpha value is -2.02. The minimum atomic E-state index is -0.821. The van der Waals surface area contributed by atoms with Crippen LogP contribution in [0.4, 0.5) is 10.5 Å². The highest BCUT2D eigenvalue weighted by Crippen LogP contribution is 2.09. The zero-order valence-electron chi connectivity index (χ0n) is 9.45. The Balaban J connectivity index is 2.59. The monoisotopic (exact) mass is 217 g/mol. The van der Waals surface area contributed by atoms with Gasteiger partial charge in [0.1, 0.15) is 5.54 Å². The highest BCUT2D eigenvalue weighted by Gasteiger charge is 2.23. The lowest BCUT2D eigenvalue weighted by molar-refractivity contribution is 0.244. The van der Waals surface area contributed by atoms with Crippen molar-refractivity contribution in [2.45, 2.75) is 25.8 Å². The van der Waals surface area contributed by atoms with Gasteiger partial charge in [-0.1, -0.05) is 25.1 Å². The number of hydrogen-bond donors (Lipinski definition) is 2. The maximum absolute atomic E-state index is 11.6. The van der Waals surface area contributed by atoms with Gasteiger partial charge in [0.15, 0.2) is 0 Å². The van der Waals surface area contributed by atoms with Gasteiger partial charge >= 0.3 is 6.03 Å². The lowest BCUT2D eigenvalue weighted by Crippen LogP contribution is -2.46. The van der Waals surface area contributed by atoms with Gasteiger partial charge in [0.2, 0.25) is 0 Å². The van der Waals surface area contributed by atoms with Crippen LogP contribution >= 0.6 is 0 Å². The van der Waals surface area contributed by atoms with E-state index in [0.717, 1.165) is 0 Å². The van der Waals surface area contributed by atoms with Crippen LogP contribution in [-0.4, -0.2) is 11.6 Å². The van der Waals surface area contributed by atoms with Gasteiger partial charge in [-0.15, -0.1) is 0 Å². The van der Waals surface area contributed by atoms with Crippen LogP contribution in [0, 0.1) is 11.3 Å². The Morgan fingerprint density at radius 1 is 1.44 bits per heavy atom. The molecule has 1 aromatic carbocycles. The quantitative estimate of drug-likeness (QED) is 0.817. The van der Waals surface area contributed by atoms with Crippen LogP contribution in [0.15, 0.2) is 30.3 Å². The van der Waals surface area contributed by atoms with Crippen LogP contribution in [0.5, 0.6) is 0 Å². The molecule has 84 valence electrons. The standard InChI is InChI=1S/C12H15N3O/c1-3-12(2,9-13)15-11(16)14-10-7-5-4-6-8-10/h4-8H,3H2,1-2H3,(H2,14,15,16). The summed E-state index contributed by atoms with van der Waals surface area (Å²) in [5.41, 5.74) is -0.116. The molecule has 0 aliphatic heterocycles. The SMILES string of the molecule is CCC(C)(C#N)NC(=O)Nc1ccccc1. The van der Waals surface area contributed by atoms with Gasteiger partial charge in [0.25, 0.3) is 0 Å². The lowest BCUT2D eigenvalue weighted by atomic mass is 10.0. The van der Waals surface area contributed by atoms with Gasteiger partial charge in [-0.3, -0.25) is 0 Å². The number of amides is 2. The molecule has 1 aromatic rings. The molecule has 0 aliphatic rings. The molecular formula is C12H15N3O. The summed E-state index contributed by atoms with van der Waals surface area (Å²) < 4.78 is 0. The Kier molecular flexibility index (Phi) is 3.90. The van der Waals surface area contributed by atoms with E-state index in [1.807, 2.05) is 25.1 Å². The van der Waals surface area contributed by atoms with Crippen LogP contribution in [0.3, 0.4) is 0 Å². The van der Waals surface area contributed by atoms with Crippen molar-refractivity contribution in [1.29, 1.82) is 5.26 Å². The molecule has 2 amide bonds. The van der Waals surface area contributed by atoms with Crippen LogP contribution < -0.4 is 10.6 Å². The molecule has 0 spiro atoms. The number of benzene rings is 1. The first-order valence-corrected chi connectivity index (χ1v) is 5.15. The summed E-state index contributed by atoms with van der Waals surface area (Å²) in [5, 5.41) is 14.2. The number of urea groups is 1. The molecule has 16 heavy (non-hydrogen) atoms. The average Bonchev–Trinajstić information content (AvgIpc) is 2.30. The summed E-state index contributed by atoms with van der Waals surface area (Å²) in [6, 6.07) is 10.8. The average molecular weight is 217 g/mol. The number of anilines is 1. The molecule has 1 rings (SSSR count). The lowest BCUT2D eigenvalue weighted by Gasteiger charge is -2.21. The maximum atomic E-state index is 11.6. The molecule has 0 bridgehead atoms. The number of para-hydroxylation sites is 1. The number of carbonyl (C=O) groups is 1. The smallest absolute Gasteiger partial charge is 0.320 e. The molecule has 0 heterocycles. The summed E-state index contributed by atoms with van der Waals surface area (Å²) >= 11 is 0. The van der Waals surface area contributed by atoms with Crippen molar-refractivity contribution in [2.75, 3.05) is 5.32 Å². The van der Waals surface area contributed by atoms with Crippen molar-refractivity contribution in [3.63, 3.8) is 0 Å². The van der Waals surface area contributed by atoms with E-state index in [-0.39, 0.29) is 6.03 Å². The zero-order chi connectivity index (χ0) is 12.0. The fourth-order valence-corrected chi connectivity index (χ4v) is 1.13. The number of nitrogens with one attached hydrogen (secondary N) is 2. The molecule has 4 nitrogen and oxygen atoms in total. The molecule has 0 radical (unpaired) electrons. The molecule has 1 atom stereocenters. The van der Waals surface area contributed by atoms with Crippen molar-refractivity contribution in [3.8, 4) is 6.07 Å². The van der Waals surface area contributed by atoms with Gasteiger partial charge < -0.3 is 10.6 Å². The predicted octanol–water partition coefficient (Wildman–Crippen LogP) is 2.50. The molecular weight excluding hydrogens is 202 g/mol. The molecule has 0 aliphatic carbocycles. The number of carbonyl (C=O) groups excluding carboxylic acids is 1. The Bertz CT molecular complexity index is 396. The highest BCUT2D eigenvalue weighted by molar-refractivity contribution is 5.89. The fourth-order valence-electron chi connectivity index (χ4n) is 1.13. The van der Waals surface area contributed by atoms with Crippen LogP contribution in [0.25, 0.3) is 0 Å². The molecule has 2 N–H and O–H groups in total. The van der Waals surface area contributed by atoms with Gasteiger partial charge in [0.05, 0.1) is 6.07 Å². The van der Waals surface area contributed by atoms with Gasteiger partial charge in [-0.2, -0.15) is 5.26 Å². The molecule has 1 unspecified atom stereocenters. The number of nitriles is 1. The Labute approximate surface area is 95.3 Å². The normalized spacial score (nSPS) is 13.3. The molecule has 0 saturated heterocycles. The van der Waals surface area contributed by atoms with Crippen LogP contribution in [0.2, 0.25) is 0 Å². The van der Waals surface area contributed by atoms with Gasteiger partial charge in [0, 0.05) is 5.69 Å². The number of nitrogens with zero attached hydrogens (tertiary/aromatic N) is 1. The van der Waals surface area contributed by atoms with E-state index in [2.05, 4.69) is 16.7 Å². The van der Waals surface area contributed by atoms with Crippen molar-refractivity contribution in [1.82, 2.24) is 5.32 Å². The van der Waals surface area contributed by atoms with Crippen molar-refractivity contribution >= 4 is 11.7 Å². The van der Waals surface area contributed by atoms with Crippen LogP contribution in [-0.2, 0) is 0 Å². The fraction of sp³-hybridized carbons (Fsp3) is 0.333. The van der Waals surface area contributed by atoms with Gasteiger partial charge in [-0.05, 0) is 25.5 Å². The second-order valence-corrected chi connectivity index (χ2v) is 3.74. The second kappa shape index (κ2) is 5.17. The summed E-state index contributed by atoms with van der Waals surface area (Å²) in [7, 11) is 0. The van der Waals surface area contributed by atoms with Crippen molar-refractivity contribution in [2.24, 2.45) is 0 Å². The molecule has 0 aromatic heterocycles. The highest BCUT2D eigenvalue weighted by atomic mass is 16.2. The summed E-state index contributed by atoms with van der Waals surface area (Å²) in [5.74, 6) is 0. The first kappa shape index (κ1) is 12.1. The van der Waals surface area contributed by atoms with Crippen molar-refractivity contribution in [3.05, 3.63) is 30.3 Å². The number of rotatable bonds is 3. The first-order chi connectivity index (χ1) is 7.59. The number of hydrogen-bond acceptors (Lipinski definition) is 2. The third-order valence-electron chi connectivity index (χ3n) is 2.37. The zero-order valence-corrected chi connectivity index (χ0v) is 9.45. The molecule has 0 saturated carbocycles. The second-order valence-electron chi connectivity index (χ2n) is 3.74. The molecule has 4 heteroatoms. The van der Waals surface area contributed by atoms with E-state index < -0.39 is 5.54 Å². The summed E-state index contributed by atoms with van der Waals surface area (Å²) in [6.45, 7) is 3.55. The van der Waals surface area contributed by atoms with Gasteiger partial charge in [-0.25, -0.2) is 4.79 Å². The minimum Gasteiger partial charge on any atom is -0.320 e. The predicted molar refractivity (Wildman–Crippen MR) is 62.9 cm³/mol. The van der Waals surface area contributed by atoms with E-state index in [0.29, 0.717) is 12.1 Å². The van der Waals surface area contributed by atoms with E-state index in [4.69, 9.17) is 5.26 Å².